The van der Waals surface area contributed by atoms with Crippen LogP contribution in [0.5, 0.6) is 0 Å². The molecule has 0 amide bonds. The van der Waals surface area contributed by atoms with E-state index >= 15 is 0 Å². The molecule has 1 aliphatic carbocycles. The third-order valence-corrected chi connectivity index (χ3v) is 3.84. The van der Waals surface area contributed by atoms with E-state index in [1.54, 1.807) is 6.07 Å². The number of hydrogen-bond acceptors (Lipinski definition) is 2. The number of nitrogens with zero attached hydrogens (tertiary/aromatic N) is 1. The SMILES string of the molecule is CCN(CC1CCC1)c1ccc(C=O)cc1Cl. The van der Waals surface area contributed by atoms with Crippen molar-refractivity contribution in [2.24, 2.45) is 5.92 Å². The van der Waals surface area contributed by atoms with Crippen LogP contribution in [0, 0.1) is 5.92 Å². The Morgan fingerprint density at radius 3 is 2.71 bits per heavy atom. The summed E-state index contributed by atoms with van der Waals surface area (Å²) in [6.45, 7) is 4.18. The summed E-state index contributed by atoms with van der Waals surface area (Å²) in [4.78, 5) is 13.0. The van der Waals surface area contributed by atoms with Crippen LogP contribution < -0.4 is 4.90 Å². The van der Waals surface area contributed by atoms with Crippen LogP contribution in [0.4, 0.5) is 5.69 Å². The minimum absolute atomic E-state index is 0.637. The fourth-order valence-corrected chi connectivity index (χ4v) is 2.55. The van der Waals surface area contributed by atoms with E-state index in [2.05, 4.69) is 11.8 Å². The molecule has 2 rings (SSSR count). The van der Waals surface area contributed by atoms with Gasteiger partial charge in [0.1, 0.15) is 6.29 Å². The van der Waals surface area contributed by atoms with Crippen LogP contribution in [-0.4, -0.2) is 19.4 Å². The van der Waals surface area contributed by atoms with Crippen molar-refractivity contribution < 1.29 is 4.79 Å². The van der Waals surface area contributed by atoms with E-state index in [1.165, 1.54) is 19.3 Å². The molecule has 0 bridgehead atoms. The van der Waals surface area contributed by atoms with Gasteiger partial charge in [0.05, 0.1) is 10.7 Å². The molecule has 0 N–H and O–H groups in total. The largest absolute Gasteiger partial charge is 0.370 e. The van der Waals surface area contributed by atoms with Gasteiger partial charge in [-0.3, -0.25) is 4.79 Å². The monoisotopic (exact) mass is 251 g/mol. The minimum Gasteiger partial charge on any atom is -0.370 e. The first-order valence-corrected chi connectivity index (χ1v) is 6.62. The molecule has 1 saturated carbocycles. The molecule has 1 fully saturated rings. The van der Waals surface area contributed by atoms with Crippen LogP contribution in [0.25, 0.3) is 0 Å². The van der Waals surface area contributed by atoms with Gasteiger partial charge in [-0.15, -0.1) is 0 Å². The molecule has 0 atom stereocenters. The summed E-state index contributed by atoms with van der Waals surface area (Å²) < 4.78 is 0. The molecule has 0 saturated heterocycles. The van der Waals surface area contributed by atoms with Gasteiger partial charge in [-0.2, -0.15) is 0 Å². The third kappa shape index (κ3) is 2.81. The minimum atomic E-state index is 0.637. The Bertz CT molecular complexity index is 401. The maximum Gasteiger partial charge on any atom is 0.150 e. The lowest BCUT2D eigenvalue weighted by Crippen LogP contribution is -2.32. The van der Waals surface area contributed by atoms with Crippen LogP contribution in [0.2, 0.25) is 5.02 Å². The van der Waals surface area contributed by atoms with Gasteiger partial charge in [-0.05, 0) is 43.9 Å². The van der Waals surface area contributed by atoms with Crippen LogP contribution in [0.15, 0.2) is 18.2 Å². The zero-order valence-electron chi connectivity index (χ0n) is 10.2. The van der Waals surface area contributed by atoms with Crippen molar-refractivity contribution in [2.75, 3.05) is 18.0 Å². The molecule has 0 unspecified atom stereocenters. The second kappa shape index (κ2) is 5.54. The summed E-state index contributed by atoms with van der Waals surface area (Å²) in [6, 6.07) is 5.53. The first-order valence-electron chi connectivity index (χ1n) is 6.24. The number of benzene rings is 1. The Morgan fingerprint density at radius 1 is 1.47 bits per heavy atom. The highest BCUT2D eigenvalue weighted by molar-refractivity contribution is 6.33. The van der Waals surface area contributed by atoms with Crippen molar-refractivity contribution in [1.82, 2.24) is 0 Å². The van der Waals surface area contributed by atoms with Crippen molar-refractivity contribution in [3.63, 3.8) is 0 Å². The fourth-order valence-electron chi connectivity index (χ4n) is 2.24. The van der Waals surface area contributed by atoms with Crippen molar-refractivity contribution in [2.45, 2.75) is 26.2 Å². The summed E-state index contributed by atoms with van der Waals surface area (Å²) in [5, 5.41) is 0.677. The molecule has 1 aromatic rings. The molecule has 2 nitrogen and oxygen atoms in total. The third-order valence-electron chi connectivity index (χ3n) is 3.53. The molecule has 17 heavy (non-hydrogen) atoms. The maximum absolute atomic E-state index is 10.7. The number of anilines is 1. The predicted molar refractivity (Wildman–Crippen MR) is 72.1 cm³/mol. The average Bonchev–Trinajstić information content (AvgIpc) is 2.29. The second-order valence-electron chi connectivity index (χ2n) is 4.66. The van der Waals surface area contributed by atoms with Crippen LogP contribution in [-0.2, 0) is 0 Å². The van der Waals surface area contributed by atoms with E-state index in [0.29, 0.717) is 10.6 Å². The quantitative estimate of drug-likeness (QED) is 0.743. The summed E-state index contributed by atoms with van der Waals surface area (Å²) in [5.74, 6) is 0.816. The van der Waals surface area contributed by atoms with Gasteiger partial charge in [0.25, 0.3) is 0 Å². The molecule has 1 aromatic carbocycles. The van der Waals surface area contributed by atoms with E-state index in [1.807, 2.05) is 12.1 Å². The van der Waals surface area contributed by atoms with Crippen LogP contribution >= 0.6 is 11.6 Å². The van der Waals surface area contributed by atoms with Gasteiger partial charge >= 0.3 is 0 Å². The Kier molecular flexibility index (Phi) is 4.06. The van der Waals surface area contributed by atoms with E-state index < -0.39 is 0 Å². The molecule has 1 aliphatic rings. The zero-order valence-corrected chi connectivity index (χ0v) is 10.9. The van der Waals surface area contributed by atoms with E-state index in [9.17, 15) is 4.79 Å². The highest BCUT2D eigenvalue weighted by atomic mass is 35.5. The van der Waals surface area contributed by atoms with Crippen LogP contribution in [0.1, 0.15) is 36.5 Å². The van der Waals surface area contributed by atoms with Crippen LogP contribution in [0.3, 0.4) is 0 Å². The lowest BCUT2D eigenvalue weighted by molar-refractivity contribution is 0.112. The molecule has 0 radical (unpaired) electrons. The number of hydrogen-bond donors (Lipinski definition) is 0. The number of rotatable bonds is 5. The van der Waals surface area contributed by atoms with Gasteiger partial charge in [0.2, 0.25) is 0 Å². The van der Waals surface area contributed by atoms with E-state index in [-0.39, 0.29) is 0 Å². The summed E-state index contributed by atoms with van der Waals surface area (Å²) in [7, 11) is 0. The van der Waals surface area contributed by atoms with Gasteiger partial charge in [-0.25, -0.2) is 0 Å². The summed E-state index contributed by atoms with van der Waals surface area (Å²) in [6.07, 6.45) is 4.86. The second-order valence-corrected chi connectivity index (χ2v) is 5.07. The highest BCUT2D eigenvalue weighted by Crippen LogP contribution is 2.32. The molecule has 0 aromatic heterocycles. The summed E-state index contributed by atoms with van der Waals surface area (Å²) >= 11 is 6.23. The lowest BCUT2D eigenvalue weighted by atomic mass is 9.85. The highest BCUT2D eigenvalue weighted by Gasteiger charge is 2.21. The average molecular weight is 252 g/mol. The normalized spacial score (nSPS) is 15.4. The molecular weight excluding hydrogens is 234 g/mol. The topological polar surface area (TPSA) is 20.3 Å². The van der Waals surface area contributed by atoms with E-state index in [4.69, 9.17) is 11.6 Å². The maximum atomic E-state index is 10.7. The molecule has 92 valence electrons. The predicted octanol–water partition coefficient (Wildman–Crippen LogP) is 3.78. The number of halogens is 1. The van der Waals surface area contributed by atoms with Crippen molar-refractivity contribution in [3.05, 3.63) is 28.8 Å². The van der Waals surface area contributed by atoms with Crippen molar-refractivity contribution in [3.8, 4) is 0 Å². The smallest absolute Gasteiger partial charge is 0.150 e. The fraction of sp³-hybridized carbons (Fsp3) is 0.500. The van der Waals surface area contributed by atoms with Gasteiger partial charge < -0.3 is 4.90 Å². The standard InChI is InChI=1S/C14H18ClNO/c1-2-16(9-11-4-3-5-11)14-7-6-12(10-17)8-13(14)15/h6-8,10-11H,2-5,9H2,1H3. The van der Waals surface area contributed by atoms with Crippen molar-refractivity contribution in [1.29, 1.82) is 0 Å². The first kappa shape index (κ1) is 12.4. The van der Waals surface area contributed by atoms with Gasteiger partial charge in [0.15, 0.2) is 0 Å². The number of carbonyl (C=O) groups is 1. The Balaban J connectivity index is 2.14. The summed E-state index contributed by atoms with van der Waals surface area (Å²) in [5.41, 5.74) is 1.69. The lowest BCUT2D eigenvalue weighted by Gasteiger charge is -2.33. The molecular formula is C14H18ClNO. The van der Waals surface area contributed by atoms with Crippen molar-refractivity contribution >= 4 is 23.6 Å². The first-order chi connectivity index (χ1) is 8.24. The molecule has 0 spiro atoms. The van der Waals surface area contributed by atoms with Gasteiger partial charge in [0, 0.05) is 18.7 Å². The zero-order chi connectivity index (χ0) is 12.3. The van der Waals surface area contributed by atoms with E-state index in [0.717, 1.165) is 31.0 Å². The van der Waals surface area contributed by atoms with Gasteiger partial charge in [-0.1, -0.05) is 18.0 Å². The number of carbonyl (C=O) groups excluding carboxylic acids is 1. The number of aldehydes is 1. The Labute approximate surface area is 108 Å². The molecule has 0 aliphatic heterocycles. The molecule has 3 heteroatoms. The molecule has 0 heterocycles. The Hall–Kier alpha value is -1.02. The Morgan fingerprint density at radius 2 is 2.24 bits per heavy atom.